The molecule has 1 aromatic heterocycles. The summed E-state index contributed by atoms with van der Waals surface area (Å²) in [6, 6.07) is 7.82. The minimum Gasteiger partial charge on any atom is -0.493 e. The van der Waals surface area contributed by atoms with Crippen LogP contribution in [0, 0.1) is 6.92 Å². The molecule has 0 unspecified atom stereocenters. The Balaban J connectivity index is 1.64. The SMILES string of the molecule is CCCCCCCCCCCCNc1ccc(-n2c(C)nc(C=O)c2O)cc1. The van der Waals surface area contributed by atoms with Crippen LogP contribution in [0.1, 0.15) is 87.4 Å². The Morgan fingerprint density at radius 1 is 0.964 bits per heavy atom. The molecule has 0 radical (unpaired) electrons. The molecule has 1 heterocycles. The lowest BCUT2D eigenvalue weighted by Crippen LogP contribution is -2.02. The highest BCUT2D eigenvalue weighted by Gasteiger charge is 2.14. The van der Waals surface area contributed by atoms with Crippen molar-refractivity contribution in [3.8, 4) is 11.6 Å². The van der Waals surface area contributed by atoms with Crippen molar-refractivity contribution in [1.82, 2.24) is 9.55 Å². The van der Waals surface area contributed by atoms with Crippen molar-refractivity contribution in [2.45, 2.75) is 78.1 Å². The van der Waals surface area contributed by atoms with Crippen LogP contribution in [0.5, 0.6) is 5.88 Å². The molecule has 0 spiro atoms. The standard InChI is InChI=1S/C23H35N3O2/c1-3-4-5-6-7-8-9-10-11-12-17-24-20-13-15-21(16-14-20)26-19(2)25-22(18-27)23(26)28/h13-16,18,24,28H,3-12,17H2,1-2H3. The van der Waals surface area contributed by atoms with E-state index in [-0.39, 0.29) is 11.6 Å². The van der Waals surface area contributed by atoms with Gasteiger partial charge in [-0.3, -0.25) is 9.36 Å². The first kappa shape index (κ1) is 22.0. The fraction of sp³-hybridized carbons (Fsp3) is 0.565. The van der Waals surface area contributed by atoms with Gasteiger partial charge in [-0.1, -0.05) is 64.7 Å². The van der Waals surface area contributed by atoms with Gasteiger partial charge in [-0.25, -0.2) is 4.98 Å². The number of rotatable bonds is 14. The number of aromatic hydroxyl groups is 1. The smallest absolute Gasteiger partial charge is 0.227 e. The average Bonchev–Trinajstić information content (AvgIpc) is 3.00. The third-order valence-corrected chi connectivity index (χ3v) is 5.14. The molecular weight excluding hydrogens is 350 g/mol. The van der Waals surface area contributed by atoms with Crippen molar-refractivity contribution in [3.63, 3.8) is 0 Å². The molecule has 0 amide bonds. The predicted molar refractivity (Wildman–Crippen MR) is 116 cm³/mol. The molecule has 0 atom stereocenters. The molecule has 0 saturated heterocycles. The van der Waals surface area contributed by atoms with Gasteiger partial charge in [0, 0.05) is 12.2 Å². The van der Waals surface area contributed by atoms with E-state index in [9.17, 15) is 9.90 Å². The van der Waals surface area contributed by atoms with E-state index in [2.05, 4.69) is 17.2 Å². The number of hydrogen-bond acceptors (Lipinski definition) is 4. The molecule has 0 bridgehead atoms. The number of nitrogens with one attached hydrogen (secondary N) is 1. The summed E-state index contributed by atoms with van der Waals surface area (Å²) in [5, 5.41) is 13.6. The Hall–Kier alpha value is -2.30. The number of hydrogen-bond donors (Lipinski definition) is 2. The van der Waals surface area contributed by atoms with Gasteiger partial charge in [0.2, 0.25) is 5.88 Å². The van der Waals surface area contributed by atoms with Crippen molar-refractivity contribution >= 4 is 12.0 Å². The van der Waals surface area contributed by atoms with E-state index in [4.69, 9.17) is 0 Å². The second kappa shape index (κ2) is 12.2. The zero-order valence-corrected chi connectivity index (χ0v) is 17.4. The molecule has 0 saturated carbocycles. The maximum atomic E-state index is 10.9. The topological polar surface area (TPSA) is 67.2 Å². The Morgan fingerprint density at radius 2 is 1.54 bits per heavy atom. The molecule has 5 heteroatoms. The number of imidazole rings is 1. The number of anilines is 1. The molecule has 2 N–H and O–H groups in total. The third kappa shape index (κ3) is 6.70. The van der Waals surface area contributed by atoms with Crippen LogP contribution in [0.3, 0.4) is 0 Å². The second-order valence-electron chi connectivity index (χ2n) is 7.48. The number of carbonyl (C=O) groups is 1. The monoisotopic (exact) mass is 385 g/mol. The normalized spacial score (nSPS) is 10.9. The number of aromatic nitrogens is 2. The molecule has 0 aliphatic carbocycles. The molecule has 1 aromatic carbocycles. The van der Waals surface area contributed by atoms with Gasteiger partial charge in [-0.15, -0.1) is 0 Å². The first-order valence-electron chi connectivity index (χ1n) is 10.7. The second-order valence-corrected chi connectivity index (χ2v) is 7.48. The molecule has 154 valence electrons. The summed E-state index contributed by atoms with van der Waals surface area (Å²) in [5.74, 6) is 0.476. The van der Waals surface area contributed by atoms with Crippen LogP contribution in [0.4, 0.5) is 5.69 Å². The summed E-state index contributed by atoms with van der Waals surface area (Å²) in [7, 11) is 0. The predicted octanol–water partition coefficient (Wildman–Crippen LogP) is 6.03. The van der Waals surface area contributed by atoms with Crippen LogP contribution in [-0.2, 0) is 0 Å². The van der Waals surface area contributed by atoms with E-state index in [1.54, 1.807) is 11.5 Å². The highest BCUT2D eigenvalue weighted by molar-refractivity contribution is 5.76. The maximum absolute atomic E-state index is 10.9. The fourth-order valence-electron chi connectivity index (χ4n) is 3.50. The third-order valence-electron chi connectivity index (χ3n) is 5.14. The molecule has 0 aliphatic rings. The molecule has 0 fully saturated rings. The minimum atomic E-state index is -0.112. The van der Waals surface area contributed by atoms with Gasteiger partial charge in [-0.2, -0.15) is 0 Å². The quantitative estimate of drug-likeness (QED) is 0.308. The number of aldehydes is 1. The Bertz CT molecular complexity index is 707. The number of benzene rings is 1. The van der Waals surface area contributed by atoms with E-state index in [0.29, 0.717) is 12.1 Å². The summed E-state index contributed by atoms with van der Waals surface area (Å²) >= 11 is 0. The van der Waals surface area contributed by atoms with E-state index >= 15 is 0 Å². The summed E-state index contributed by atoms with van der Waals surface area (Å²) < 4.78 is 1.58. The van der Waals surface area contributed by atoms with Crippen molar-refractivity contribution in [2.24, 2.45) is 0 Å². The van der Waals surface area contributed by atoms with E-state index in [1.807, 2.05) is 24.3 Å². The van der Waals surface area contributed by atoms with E-state index in [0.717, 1.165) is 17.9 Å². The maximum Gasteiger partial charge on any atom is 0.227 e. The van der Waals surface area contributed by atoms with Crippen molar-refractivity contribution in [3.05, 3.63) is 35.8 Å². The summed E-state index contributed by atoms with van der Waals surface area (Å²) in [6.45, 7) is 5.00. The minimum absolute atomic E-state index is 0.0701. The van der Waals surface area contributed by atoms with Crippen LogP contribution in [-0.4, -0.2) is 27.5 Å². The summed E-state index contributed by atoms with van der Waals surface area (Å²) in [6.07, 6.45) is 14.0. The first-order valence-corrected chi connectivity index (χ1v) is 10.7. The summed E-state index contributed by atoms with van der Waals surface area (Å²) in [4.78, 5) is 15.0. The fourth-order valence-corrected chi connectivity index (χ4v) is 3.50. The number of unbranched alkanes of at least 4 members (excludes halogenated alkanes) is 9. The highest BCUT2D eigenvalue weighted by atomic mass is 16.3. The van der Waals surface area contributed by atoms with Crippen LogP contribution in [0.25, 0.3) is 5.69 Å². The van der Waals surface area contributed by atoms with Gasteiger partial charge in [-0.05, 0) is 37.6 Å². The Labute approximate surface area is 169 Å². The van der Waals surface area contributed by atoms with E-state index in [1.165, 1.54) is 64.2 Å². The van der Waals surface area contributed by atoms with Crippen LogP contribution >= 0.6 is 0 Å². The molecule has 2 aromatic rings. The van der Waals surface area contributed by atoms with Gasteiger partial charge in [0.05, 0.1) is 5.69 Å². The molecule has 5 nitrogen and oxygen atoms in total. The van der Waals surface area contributed by atoms with Crippen LogP contribution < -0.4 is 5.32 Å². The lowest BCUT2D eigenvalue weighted by molar-refractivity contribution is 0.111. The van der Waals surface area contributed by atoms with Gasteiger partial charge in [0.25, 0.3) is 0 Å². The summed E-state index contributed by atoms with van der Waals surface area (Å²) in [5.41, 5.74) is 1.92. The highest BCUT2D eigenvalue weighted by Crippen LogP contribution is 2.24. The molecule has 28 heavy (non-hydrogen) atoms. The molecule has 0 aliphatic heterocycles. The first-order chi connectivity index (χ1) is 13.7. The van der Waals surface area contributed by atoms with Crippen molar-refractivity contribution < 1.29 is 9.90 Å². The zero-order valence-electron chi connectivity index (χ0n) is 17.4. The number of aryl methyl sites for hydroxylation is 1. The lowest BCUT2D eigenvalue weighted by atomic mass is 10.1. The number of nitrogens with zero attached hydrogens (tertiary/aromatic N) is 2. The Morgan fingerprint density at radius 3 is 2.07 bits per heavy atom. The van der Waals surface area contributed by atoms with Gasteiger partial charge in [0.15, 0.2) is 12.0 Å². The van der Waals surface area contributed by atoms with Crippen molar-refractivity contribution in [1.29, 1.82) is 0 Å². The molecular formula is C23H35N3O2. The average molecular weight is 386 g/mol. The van der Waals surface area contributed by atoms with E-state index < -0.39 is 0 Å². The zero-order chi connectivity index (χ0) is 20.2. The lowest BCUT2D eigenvalue weighted by Gasteiger charge is -2.10. The molecule has 2 rings (SSSR count). The largest absolute Gasteiger partial charge is 0.493 e. The van der Waals surface area contributed by atoms with Gasteiger partial charge < -0.3 is 10.4 Å². The van der Waals surface area contributed by atoms with Gasteiger partial charge in [0.1, 0.15) is 5.82 Å². The number of carbonyl (C=O) groups excluding carboxylic acids is 1. The Kier molecular flexibility index (Phi) is 9.60. The van der Waals surface area contributed by atoms with Crippen molar-refractivity contribution in [2.75, 3.05) is 11.9 Å². The van der Waals surface area contributed by atoms with Crippen LogP contribution in [0.2, 0.25) is 0 Å². The van der Waals surface area contributed by atoms with Crippen LogP contribution in [0.15, 0.2) is 24.3 Å². The van der Waals surface area contributed by atoms with Gasteiger partial charge >= 0.3 is 0 Å².